The number of benzene rings is 1. The van der Waals surface area contributed by atoms with E-state index in [0.29, 0.717) is 6.54 Å². The molecule has 0 aliphatic heterocycles. The number of phenols is 1. The third-order valence-electron chi connectivity index (χ3n) is 2.38. The Labute approximate surface area is 131 Å². The van der Waals surface area contributed by atoms with E-state index in [1.807, 2.05) is 0 Å². The highest BCUT2D eigenvalue weighted by Crippen LogP contribution is 2.10. The van der Waals surface area contributed by atoms with E-state index < -0.39 is 0 Å². The van der Waals surface area contributed by atoms with Gasteiger partial charge in [-0.05, 0) is 23.8 Å². The molecule has 7 N–H and O–H groups in total. The van der Waals surface area contributed by atoms with E-state index in [0.717, 1.165) is 25.2 Å². The second-order valence-corrected chi connectivity index (χ2v) is 3.94. The van der Waals surface area contributed by atoms with Crippen molar-refractivity contribution in [3.63, 3.8) is 0 Å². The van der Waals surface area contributed by atoms with Gasteiger partial charge in [0.05, 0.1) is 13.1 Å². The smallest absolute Gasteiger partial charge is 0.244 e. The Bertz CT molecular complexity index is 397. The molecule has 0 saturated heterocycles. The molecule has 0 atom stereocenters. The average molecular weight is 322 g/mol. The van der Waals surface area contributed by atoms with E-state index in [-0.39, 0.29) is 36.5 Å². The third kappa shape index (κ3) is 9.63. The maximum atomic E-state index is 11.4. The van der Waals surface area contributed by atoms with Crippen LogP contribution in [0.5, 0.6) is 5.75 Å². The summed E-state index contributed by atoms with van der Waals surface area (Å²) in [7, 11) is 0. The Kier molecular flexibility index (Phi) is 13.4. The monoisotopic (exact) mass is 321 g/mol. The van der Waals surface area contributed by atoms with Gasteiger partial charge in [0.1, 0.15) is 18.8 Å². The molecule has 5 nitrogen and oxygen atoms in total. The molecule has 0 radical (unpaired) electrons. The van der Waals surface area contributed by atoms with Gasteiger partial charge in [-0.1, -0.05) is 12.1 Å². The van der Waals surface area contributed by atoms with Crippen molar-refractivity contribution in [3.05, 3.63) is 35.9 Å². The zero-order chi connectivity index (χ0) is 13.2. The zero-order valence-electron chi connectivity index (χ0n) is 11.2. The predicted molar refractivity (Wildman–Crippen MR) is 69.6 cm³/mol. The highest BCUT2D eigenvalue weighted by atomic mass is 35.5. The molecule has 20 heavy (non-hydrogen) atoms. The minimum absolute atomic E-state index is 0. The molecule has 0 spiro atoms. The third-order valence-corrected chi connectivity index (χ3v) is 2.38. The van der Waals surface area contributed by atoms with Crippen molar-refractivity contribution in [2.75, 3.05) is 26.2 Å². The number of hydrogen-bond donors (Lipinski definition) is 4. The topological polar surface area (TPSA) is 93.6 Å². The summed E-state index contributed by atoms with van der Waals surface area (Å²) in [5.41, 5.74) is 4.62. The van der Waals surface area contributed by atoms with Gasteiger partial charge >= 0.3 is 0 Å². The zero-order valence-corrected chi connectivity index (χ0v) is 12.7. The predicted octanol–water partition coefficient (Wildman–Crippen LogP) is -7.67. The lowest BCUT2D eigenvalue weighted by atomic mass is 10.2. The van der Waals surface area contributed by atoms with Crippen LogP contribution >= 0.6 is 0 Å². The van der Waals surface area contributed by atoms with Crippen LogP contribution in [0.15, 0.2) is 30.3 Å². The Morgan fingerprint density at radius 2 is 1.90 bits per heavy atom. The van der Waals surface area contributed by atoms with Crippen molar-refractivity contribution in [3.8, 4) is 5.75 Å². The van der Waals surface area contributed by atoms with Gasteiger partial charge in [0.2, 0.25) is 5.91 Å². The number of carbonyl (C=O) groups excluding carboxylic acids is 1. The van der Waals surface area contributed by atoms with Crippen LogP contribution in [-0.2, 0) is 4.79 Å². The number of hydrogen-bond acceptors (Lipinski definition) is 2. The van der Waals surface area contributed by atoms with E-state index in [1.165, 1.54) is 6.08 Å². The average Bonchev–Trinajstić information content (AvgIpc) is 2.38. The van der Waals surface area contributed by atoms with Gasteiger partial charge in [-0.15, -0.1) is 0 Å². The van der Waals surface area contributed by atoms with Gasteiger partial charge in [0, 0.05) is 6.08 Å². The minimum atomic E-state index is -0.105. The summed E-state index contributed by atoms with van der Waals surface area (Å²) < 4.78 is 0. The summed E-state index contributed by atoms with van der Waals surface area (Å²) in [6.07, 6.45) is 3.21. The number of nitrogens with two attached hydrogens (primary N) is 1. The molecule has 1 aromatic rings. The maximum absolute atomic E-state index is 11.4. The van der Waals surface area contributed by atoms with E-state index in [1.54, 1.807) is 30.3 Å². The first-order chi connectivity index (χ1) is 8.72. The molecule has 0 heterocycles. The minimum Gasteiger partial charge on any atom is -1.00 e. The first-order valence-corrected chi connectivity index (χ1v) is 6.08. The van der Waals surface area contributed by atoms with E-state index >= 15 is 0 Å². The number of nitrogens with one attached hydrogen (secondary N) is 1. The van der Waals surface area contributed by atoms with E-state index in [9.17, 15) is 4.79 Å². The summed E-state index contributed by atoms with van der Waals surface area (Å²) in [4.78, 5) is 11.4. The van der Waals surface area contributed by atoms with Crippen molar-refractivity contribution >= 4 is 12.0 Å². The quantitative estimate of drug-likeness (QED) is 0.297. The summed E-state index contributed by atoms with van der Waals surface area (Å²) in [5, 5.41) is 14.0. The molecule has 1 rings (SSSR count). The summed E-state index contributed by atoms with van der Waals surface area (Å²) in [5.74, 6) is 0.114. The molecule has 1 amide bonds. The summed E-state index contributed by atoms with van der Waals surface area (Å²) >= 11 is 0. The van der Waals surface area contributed by atoms with Gasteiger partial charge < -0.3 is 46.3 Å². The fourth-order valence-corrected chi connectivity index (χ4v) is 1.40. The highest BCUT2D eigenvalue weighted by Gasteiger charge is 1.96. The summed E-state index contributed by atoms with van der Waals surface area (Å²) in [6.45, 7) is 3.40. The van der Waals surface area contributed by atoms with Gasteiger partial charge in [0.25, 0.3) is 0 Å². The Balaban J connectivity index is 0. The molecule has 0 aromatic heterocycles. The Morgan fingerprint density at radius 3 is 2.50 bits per heavy atom. The molecular weight excluding hydrogens is 301 g/mol. The number of rotatable bonds is 7. The van der Waals surface area contributed by atoms with Crippen molar-refractivity contribution in [1.82, 2.24) is 5.32 Å². The Hall–Kier alpha value is -1.27. The number of phenolic OH excluding ortho intramolecular Hbond substituents is 1. The highest BCUT2D eigenvalue weighted by molar-refractivity contribution is 5.91. The summed E-state index contributed by atoms with van der Waals surface area (Å²) in [6, 6.07) is 6.68. The van der Waals surface area contributed by atoms with Crippen LogP contribution in [0.2, 0.25) is 0 Å². The number of aromatic hydroxyl groups is 1. The SMILES string of the molecule is [Cl-].[Cl-].[NH3+]CC[NH2+]CCNC(=O)/C=C/c1ccc(O)cc1. The largest absolute Gasteiger partial charge is 1.00 e. The fourth-order valence-electron chi connectivity index (χ4n) is 1.40. The lowest BCUT2D eigenvalue weighted by molar-refractivity contribution is -0.668. The molecular formula is C13H21Cl2N3O2. The number of carbonyl (C=O) groups is 1. The van der Waals surface area contributed by atoms with Crippen LogP contribution in [0.3, 0.4) is 0 Å². The van der Waals surface area contributed by atoms with Gasteiger partial charge in [0.15, 0.2) is 0 Å². The van der Waals surface area contributed by atoms with Crippen molar-refractivity contribution < 1.29 is 45.8 Å². The molecule has 0 aliphatic carbocycles. The van der Waals surface area contributed by atoms with Crippen molar-refractivity contribution in [2.24, 2.45) is 0 Å². The normalized spacial score (nSPS) is 9.65. The van der Waals surface area contributed by atoms with Crippen LogP contribution in [0.25, 0.3) is 6.08 Å². The number of quaternary nitrogens is 2. The lowest BCUT2D eigenvalue weighted by Gasteiger charge is -2.00. The second-order valence-electron chi connectivity index (χ2n) is 3.94. The molecule has 0 fully saturated rings. The molecule has 1 aromatic carbocycles. The second kappa shape index (κ2) is 12.7. The van der Waals surface area contributed by atoms with E-state index in [4.69, 9.17) is 5.11 Å². The lowest BCUT2D eigenvalue weighted by Crippen LogP contribution is -3.00. The van der Waals surface area contributed by atoms with Crippen LogP contribution in [-0.4, -0.2) is 37.2 Å². The van der Waals surface area contributed by atoms with Gasteiger partial charge in [-0.25, -0.2) is 0 Å². The van der Waals surface area contributed by atoms with Crippen LogP contribution in [0.1, 0.15) is 5.56 Å². The fraction of sp³-hybridized carbons (Fsp3) is 0.308. The standard InChI is InChI=1S/C13H19N3O2.2ClH/c14-7-8-15-9-10-16-13(18)6-3-11-1-4-12(17)5-2-11;;/h1-6,15,17H,7-10,14H2,(H,16,18);2*1H/b6-3+;;. The molecule has 0 aliphatic rings. The van der Waals surface area contributed by atoms with Gasteiger partial charge in [-0.3, -0.25) is 4.79 Å². The van der Waals surface area contributed by atoms with Crippen LogP contribution in [0.4, 0.5) is 0 Å². The van der Waals surface area contributed by atoms with E-state index in [2.05, 4.69) is 16.4 Å². The molecule has 114 valence electrons. The molecule has 0 unspecified atom stereocenters. The number of halogens is 2. The first-order valence-electron chi connectivity index (χ1n) is 6.08. The van der Waals surface area contributed by atoms with Crippen molar-refractivity contribution in [2.45, 2.75) is 0 Å². The van der Waals surface area contributed by atoms with Crippen molar-refractivity contribution in [1.29, 1.82) is 0 Å². The molecule has 0 saturated carbocycles. The number of amides is 1. The van der Waals surface area contributed by atoms with Gasteiger partial charge in [-0.2, -0.15) is 0 Å². The first kappa shape index (κ1) is 21.0. The molecule has 7 heteroatoms. The maximum Gasteiger partial charge on any atom is 0.244 e. The molecule has 0 bridgehead atoms. The Morgan fingerprint density at radius 1 is 1.25 bits per heavy atom. The van der Waals surface area contributed by atoms with Crippen LogP contribution < -0.4 is 41.2 Å². The van der Waals surface area contributed by atoms with Crippen LogP contribution in [0, 0.1) is 0 Å².